The van der Waals surface area contributed by atoms with Crippen molar-refractivity contribution in [1.82, 2.24) is 20.4 Å². The molecule has 3 unspecified atom stereocenters. The van der Waals surface area contributed by atoms with E-state index in [1.165, 1.54) is 31.4 Å². The van der Waals surface area contributed by atoms with Crippen LogP contribution in [-0.2, 0) is 16.0 Å². The maximum absolute atomic E-state index is 13.3. The Kier molecular flexibility index (Phi) is 6.85. The van der Waals surface area contributed by atoms with E-state index in [1.807, 2.05) is 0 Å². The van der Waals surface area contributed by atoms with E-state index in [4.69, 9.17) is 0 Å². The highest BCUT2D eigenvalue weighted by atomic mass is 19.1. The molecule has 8 heteroatoms. The zero-order valence-corrected chi connectivity index (χ0v) is 17.8. The van der Waals surface area contributed by atoms with Crippen LogP contribution >= 0.6 is 0 Å². The summed E-state index contributed by atoms with van der Waals surface area (Å²) >= 11 is 0. The summed E-state index contributed by atoms with van der Waals surface area (Å²) in [5.74, 6) is -0.501. The fourth-order valence-corrected chi connectivity index (χ4v) is 5.18. The summed E-state index contributed by atoms with van der Waals surface area (Å²) in [7, 11) is 0. The Morgan fingerprint density at radius 2 is 2.00 bits per heavy atom. The van der Waals surface area contributed by atoms with Crippen molar-refractivity contribution in [3.05, 3.63) is 35.6 Å². The second-order valence-electron chi connectivity index (χ2n) is 8.88. The van der Waals surface area contributed by atoms with Crippen molar-refractivity contribution >= 4 is 17.8 Å². The van der Waals surface area contributed by atoms with E-state index in [2.05, 4.69) is 15.5 Å². The number of hydrogen-bond acceptors (Lipinski definition) is 4. The second kappa shape index (κ2) is 9.77. The monoisotopic (exact) mass is 430 g/mol. The summed E-state index contributed by atoms with van der Waals surface area (Å²) in [5.41, 5.74) is 0.714. The molecule has 168 valence electrons. The molecule has 4 rings (SSSR count). The lowest BCUT2D eigenvalue weighted by molar-refractivity contribution is -0.131. The lowest BCUT2D eigenvalue weighted by atomic mass is 9.83. The number of halogens is 1. The SMILES string of the molecule is O=C(CC1NC(=O)N(CCc2cccc(F)c2)C1=O)NCC1CCCN2CCCCC12. The molecule has 4 amide bonds. The van der Waals surface area contributed by atoms with Gasteiger partial charge in [0, 0.05) is 19.1 Å². The Balaban J connectivity index is 1.24. The molecule has 0 spiro atoms. The molecule has 1 aromatic rings. The number of piperidine rings is 2. The zero-order valence-electron chi connectivity index (χ0n) is 17.8. The minimum absolute atomic E-state index is 0.0534. The van der Waals surface area contributed by atoms with Crippen LogP contribution in [0, 0.1) is 11.7 Å². The molecule has 0 aliphatic carbocycles. The molecule has 2 N–H and O–H groups in total. The number of amides is 4. The molecule has 3 aliphatic rings. The molecular formula is C23H31FN4O3. The van der Waals surface area contributed by atoms with Gasteiger partial charge in [0.1, 0.15) is 11.9 Å². The van der Waals surface area contributed by atoms with Crippen LogP contribution in [0.2, 0.25) is 0 Å². The van der Waals surface area contributed by atoms with E-state index < -0.39 is 18.0 Å². The quantitative estimate of drug-likeness (QED) is 0.649. The summed E-state index contributed by atoms with van der Waals surface area (Å²) in [6, 6.07) is 5.32. The maximum atomic E-state index is 13.3. The second-order valence-corrected chi connectivity index (χ2v) is 8.88. The van der Waals surface area contributed by atoms with Gasteiger partial charge in [0.05, 0.1) is 6.42 Å². The van der Waals surface area contributed by atoms with E-state index in [0.717, 1.165) is 30.8 Å². The number of benzene rings is 1. The first-order chi connectivity index (χ1) is 15.0. The average molecular weight is 431 g/mol. The van der Waals surface area contributed by atoms with Gasteiger partial charge in [-0.25, -0.2) is 9.18 Å². The van der Waals surface area contributed by atoms with Crippen molar-refractivity contribution in [3.63, 3.8) is 0 Å². The summed E-state index contributed by atoms with van der Waals surface area (Å²) in [5, 5.41) is 5.61. The van der Waals surface area contributed by atoms with E-state index in [9.17, 15) is 18.8 Å². The third kappa shape index (κ3) is 5.23. The van der Waals surface area contributed by atoms with Crippen LogP contribution in [0.15, 0.2) is 24.3 Å². The highest BCUT2D eigenvalue weighted by Gasteiger charge is 2.39. The van der Waals surface area contributed by atoms with E-state index in [-0.39, 0.29) is 24.7 Å². The first kappa shape index (κ1) is 21.7. The predicted molar refractivity (Wildman–Crippen MR) is 114 cm³/mol. The van der Waals surface area contributed by atoms with Gasteiger partial charge >= 0.3 is 6.03 Å². The lowest BCUT2D eigenvalue weighted by Gasteiger charge is -2.44. The fourth-order valence-electron chi connectivity index (χ4n) is 5.18. The highest BCUT2D eigenvalue weighted by Crippen LogP contribution is 2.30. The number of fused-ring (bicyclic) bond motifs is 1. The first-order valence-corrected chi connectivity index (χ1v) is 11.4. The van der Waals surface area contributed by atoms with Gasteiger partial charge in [0.2, 0.25) is 5.91 Å². The molecule has 3 saturated heterocycles. The van der Waals surface area contributed by atoms with Crippen LogP contribution in [0.3, 0.4) is 0 Å². The van der Waals surface area contributed by atoms with Gasteiger partial charge in [0.25, 0.3) is 5.91 Å². The number of rotatable bonds is 7. The zero-order chi connectivity index (χ0) is 21.8. The van der Waals surface area contributed by atoms with Crippen LogP contribution in [0.5, 0.6) is 0 Å². The number of urea groups is 1. The van der Waals surface area contributed by atoms with Crippen LogP contribution in [0.25, 0.3) is 0 Å². The molecular weight excluding hydrogens is 399 g/mol. The topological polar surface area (TPSA) is 81.8 Å². The molecule has 3 atom stereocenters. The van der Waals surface area contributed by atoms with Gasteiger partial charge in [-0.15, -0.1) is 0 Å². The molecule has 0 aromatic heterocycles. The summed E-state index contributed by atoms with van der Waals surface area (Å²) < 4.78 is 13.3. The Morgan fingerprint density at radius 3 is 2.84 bits per heavy atom. The fraction of sp³-hybridized carbons (Fsp3) is 0.609. The van der Waals surface area contributed by atoms with Crippen LogP contribution in [-0.4, -0.2) is 65.9 Å². The van der Waals surface area contributed by atoms with Crippen LogP contribution < -0.4 is 10.6 Å². The molecule has 0 radical (unpaired) electrons. The van der Waals surface area contributed by atoms with Crippen molar-refractivity contribution in [2.75, 3.05) is 26.2 Å². The van der Waals surface area contributed by atoms with Gasteiger partial charge in [-0.2, -0.15) is 0 Å². The number of nitrogens with zero attached hydrogens (tertiary/aromatic N) is 2. The van der Waals surface area contributed by atoms with Gasteiger partial charge < -0.3 is 15.5 Å². The van der Waals surface area contributed by atoms with Crippen LogP contribution in [0.4, 0.5) is 9.18 Å². The van der Waals surface area contributed by atoms with E-state index in [1.54, 1.807) is 12.1 Å². The molecule has 1 aromatic carbocycles. The largest absolute Gasteiger partial charge is 0.356 e. The van der Waals surface area contributed by atoms with Crippen molar-refractivity contribution < 1.29 is 18.8 Å². The normalized spacial score (nSPS) is 26.5. The third-order valence-corrected chi connectivity index (χ3v) is 6.80. The maximum Gasteiger partial charge on any atom is 0.324 e. The number of imide groups is 1. The number of nitrogens with one attached hydrogen (secondary N) is 2. The van der Waals surface area contributed by atoms with Crippen molar-refractivity contribution in [3.8, 4) is 0 Å². The van der Waals surface area contributed by atoms with Crippen LogP contribution in [0.1, 0.15) is 44.1 Å². The molecule has 3 aliphatic heterocycles. The molecule has 31 heavy (non-hydrogen) atoms. The van der Waals surface area contributed by atoms with Crippen molar-refractivity contribution in [2.24, 2.45) is 5.92 Å². The van der Waals surface area contributed by atoms with E-state index in [0.29, 0.717) is 30.5 Å². The molecule has 0 bridgehead atoms. The number of hydrogen-bond donors (Lipinski definition) is 2. The van der Waals surface area contributed by atoms with Gasteiger partial charge in [-0.3, -0.25) is 14.5 Å². The highest BCUT2D eigenvalue weighted by molar-refractivity contribution is 6.05. The molecule has 3 heterocycles. The minimum atomic E-state index is -0.836. The lowest BCUT2D eigenvalue weighted by Crippen LogP contribution is -2.51. The predicted octanol–water partition coefficient (Wildman–Crippen LogP) is 2.06. The van der Waals surface area contributed by atoms with Gasteiger partial charge in [-0.05, 0) is 68.8 Å². The molecule has 7 nitrogen and oxygen atoms in total. The Hall–Kier alpha value is -2.48. The standard InChI is InChI=1S/C23H31FN4O3/c24-18-7-3-5-16(13-18)9-12-28-22(30)19(26-23(28)31)14-21(29)25-15-17-6-4-11-27-10-2-1-8-20(17)27/h3,5,7,13,17,19-20H,1-2,4,6,8-12,14-15H2,(H,25,29)(H,26,31). The van der Waals surface area contributed by atoms with Crippen molar-refractivity contribution in [1.29, 1.82) is 0 Å². The third-order valence-electron chi connectivity index (χ3n) is 6.80. The van der Waals surface area contributed by atoms with Gasteiger partial charge in [0.15, 0.2) is 0 Å². The summed E-state index contributed by atoms with van der Waals surface area (Å²) in [6.45, 7) is 3.09. The summed E-state index contributed by atoms with van der Waals surface area (Å²) in [4.78, 5) is 41.0. The first-order valence-electron chi connectivity index (χ1n) is 11.4. The average Bonchev–Trinajstić information content (AvgIpc) is 3.03. The van der Waals surface area contributed by atoms with Crippen molar-refractivity contribution in [2.45, 2.75) is 57.0 Å². The minimum Gasteiger partial charge on any atom is -0.356 e. The Labute approximate surface area is 182 Å². The number of carbonyl (C=O) groups is 3. The summed E-state index contributed by atoms with van der Waals surface area (Å²) in [6.07, 6.45) is 6.30. The smallest absolute Gasteiger partial charge is 0.324 e. The van der Waals surface area contributed by atoms with E-state index >= 15 is 0 Å². The molecule has 3 fully saturated rings. The Morgan fingerprint density at radius 1 is 1.16 bits per heavy atom. The number of carbonyl (C=O) groups excluding carboxylic acids is 3. The Bertz CT molecular complexity index is 831. The van der Waals surface area contributed by atoms with Gasteiger partial charge in [-0.1, -0.05) is 18.6 Å². The molecule has 0 saturated carbocycles.